The Labute approximate surface area is 408 Å². The van der Waals surface area contributed by atoms with Crippen molar-refractivity contribution in [3.8, 4) is 0 Å². The van der Waals surface area contributed by atoms with Crippen molar-refractivity contribution >= 4 is 0 Å². The summed E-state index contributed by atoms with van der Waals surface area (Å²) in [6.07, 6.45) is 70.5. The summed E-state index contributed by atoms with van der Waals surface area (Å²) in [7, 11) is 0. The summed E-state index contributed by atoms with van der Waals surface area (Å²) in [4.78, 5) is 0. The molecule has 0 aromatic carbocycles. The number of hydrogen-bond donors (Lipinski definition) is 0. The van der Waals surface area contributed by atoms with Gasteiger partial charge in [-0.05, 0) is 308 Å². The van der Waals surface area contributed by atoms with Crippen LogP contribution in [-0.2, 0) is 0 Å². The zero-order chi connectivity index (χ0) is 43.5. The second-order valence-electron chi connectivity index (χ2n) is 31.1. The van der Waals surface area contributed by atoms with Crippen molar-refractivity contribution in [1.29, 1.82) is 0 Å². The zero-order valence-corrected chi connectivity index (χ0v) is 43.5. The van der Waals surface area contributed by atoms with E-state index in [0.29, 0.717) is 0 Å². The fourth-order valence-corrected chi connectivity index (χ4v) is 26.6. The molecule has 0 saturated heterocycles. The van der Waals surface area contributed by atoms with Gasteiger partial charge in [0.2, 0.25) is 0 Å². The lowest BCUT2D eigenvalue weighted by molar-refractivity contribution is -0.126. The molecule has 2 unspecified atom stereocenters. The number of hydrogen-bond acceptors (Lipinski definition) is 0. The molecule has 16 bridgehead atoms. The van der Waals surface area contributed by atoms with E-state index in [9.17, 15) is 0 Å². The average Bonchev–Trinajstić information content (AvgIpc) is 3.53. The first-order chi connectivity index (χ1) is 32.4. The van der Waals surface area contributed by atoms with Crippen LogP contribution >= 0.6 is 0 Å². The first-order valence-electron chi connectivity index (χ1n) is 32.4. The molecule has 0 heteroatoms. The van der Waals surface area contributed by atoms with E-state index in [1.54, 1.807) is 244 Å². The van der Waals surface area contributed by atoms with Gasteiger partial charge in [0.05, 0.1) is 0 Å². The minimum absolute atomic E-state index is 0.855. The maximum atomic E-state index is 1.67. The Bertz CT molecular complexity index is 1520. The fourth-order valence-electron chi connectivity index (χ4n) is 26.6. The van der Waals surface area contributed by atoms with E-state index >= 15 is 0 Å². The molecular formula is C66H106. The van der Waals surface area contributed by atoms with E-state index in [1.165, 1.54) is 97.7 Å². The Balaban J connectivity index is 0.0000000842. The largest absolute Gasteiger partial charge is 0.0533 e. The van der Waals surface area contributed by atoms with Crippen LogP contribution in [0.5, 0.6) is 0 Å². The fraction of sp³-hybridized carbons (Fsp3) is 1.00. The summed E-state index contributed by atoms with van der Waals surface area (Å²) in [5.41, 5.74) is 3.48. The second kappa shape index (κ2) is 17.9. The van der Waals surface area contributed by atoms with Gasteiger partial charge in [0, 0.05) is 0 Å². The molecule has 66 heavy (non-hydrogen) atoms. The van der Waals surface area contributed by atoms with Crippen molar-refractivity contribution in [2.75, 3.05) is 0 Å². The Morgan fingerprint density at radius 1 is 0.182 bits per heavy atom. The van der Waals surface area contributed by atoms with Crippen LogP contribution in [0, 0.1) is 128 Å². The normalized spacial score (nSPS) is 52.7. The average molecular weight is 900 g/mol. The molecule has 0 N–H and O–H groups in total. The van der Waals surface area contributed by atoms with Crippen LogP contribution in [0.1, 0.15) is 283 Å². The molecule has 0 amide bonds. The van der Waals surface area contributed by atoms with Crippen molar-refractivity contribution in [2.24, 2.45) is 128 Å². The van der Waals surface area contributed by atoms with E-state index in [-0.39, 0.29) is 0 Å². The van der Waals surface area contributed by atoms with Crippen molar-refractivity contribution < 1.29 is 0 Å². The van der Waals surface area contributed by atoms with Gasteiger partial charge >= 0.3 is 0 Å². The first kappa shape index (κ1) is 44.7. The monoisotopic (exact) mass is 899 g/mol. The topological polar surface area (TPSA) is 0 Å². The molecule has 0 aromatic rings. The summed E-state index contributed by atoms with van der Waals surface area (Å²) in [5.74, 6) is 21.0. The lowest BCUT2D eigenvalue weighted by atomic mass is 9.42. The molecule has 0 aliphatic heterocycles. The van der Waals surface area contributed by atoms with Gasteiger partial charge in [-0.25, -0.2) is 0 Å². The molecule has 0 nitrogen and oxygen atoms in total. The summed E-state index contributed by atoms with van der Waals surface area (Å²) >= 11 is 0. The van der Waals surface area contributed by atoms with Gasteiger partial charge in [-0.3, -0.25) is 0 Å². The van der Waals surface area contributed by atoms with Crippen LogP contribution in [0.2, 0.25) is 0 Å². The maximum absolute atomic E-state index is 1.67. The maximum Gasteiger partial charge on any atom is -0.0235 e. The quantitative estimate of drug-likeness (QED) is 0.227. The van der Waals surface area contributed by atoms with Crippen LogP contribution in [-0.4, -0.2) is 0 Å². The third-order valence-electron chi connectivity index (χ3n) is 28.5. The van der Waals surface area contributed by atoms with Gasteiger partial charge in [0.15, 0.2) is 0 Å². The molecule has 0 aromatic heterocycles. The van der Waals surface area contributed by atoms with Gasteiger partial charge in [0.1, 0.15) is 0 Å². The SMILES string of the molecule is C1CCC2(CC1)C1CC3CC(C1)CC2C3.C1CCC2CC3(CC2C1)C1CC2CC(C1)CC3C2.C1CCCC2(CC1)C1CC3CC(C1)CC2C3.C1CCCC2(CCC1)C1CC3CC(C1)CC2C3. The van der Waals surface area contributed by atoms with Crippen molar-refractivity contribution in [2.45, 2.75) is 283 Å². The molecule has 21 fully saturated rings. The minimum Gasteiger partial charge on any atom is -0.0533 e. The third kappa shape index (κ3) is 7.67. The van der Waals surface area contributed by atoms with E-state index in [4.69, 9.17) is 0 Å². The van der Waals surface area contributed by atoms with Gasteiger partial charge < -0.3 is 0 Å². The molecule has 21 rings (SSSR count). The van der Waals surface area contributed by atoms with Gasteiger partial charge in [0.25, 0.3) is 0 Å². The molecule has 21 aliphatic carbocycles. The van der Waals surface area contributed by atoms with Gasteiger partial charge in [-0.15, -0.1) is 0 Å². The standard InChI is InChI=1S/C18H28.C17H28.C16H26.C15H24/c1-2-4-15-11-18(10-14(15)3-1)16-6-12-5-13(8-16)9-17(18)7-12;1-2-4-6-17(7-5-3-1)15-9-13-8-14(11-15)12-16(17)10-13;1-2-4-6-16(5-3-1)14-8-12-7-13(10-14)11-15(16)9-12;1-2-4-15(5-3-1)13-7-11-6-12(9-13)10-14(15)8-11/h12-17H,1-11H2;13-16H,1-12H2;12-15H,1-11H2;11-14H,1-10H2. The highest BCUT2D eigenvalue weighted by molar-refractivity contribution is 5.12. The molecule has 2 atom stereocenters. The number of rotatable bonds is 0. The van der Waals surface area contributed by atoms with Gasteiger partial charge in [-0.1, -0.05) is 103 Å². The predicted molar refractivity (Wildman–Crippen MR) is 276 cm³/mol. The summed E-state index contributed by atoms with van der Waals surface area (Å²) in [6, 6.07) is 0. The Hall–Kier alpha value is 0. The van der Waals surface area contributed by atoms with Crippen LogP contribution in [0.4, 0.5) is 0 Å². The highest BCUT2D eigenvalue weighted by Gasteiger charge is 2.62. The van der Waals surface area contributed by atoms with Crippen LogP contribution < -0.4 is 0 Å². The van der Waals surface area contributed by atoms with E-state index in [2.05, 4.69) is 0 Å². The van der Waals surface area contributed by atoms with Crippen LogP contribution in [0.15, 0.2) is 0 Å². The third-order valence-corrected chi connectivity index (χ3v) is 28.5. The Morgan fingerprint density at radius 2 is 0.379 bits per heavy atom. The smallest absolute Gasteiger partial charge is 0.0235 e. The first-order valence-corrected chi connectivity index (χ1v) is 32.4. The zero-order valence-electron chi connectivity index (χ0n) is 43.5. The summed E-state index contributed by atoms with van der Waals surface area (Å²) in [5, 5.41) is 0. The highest BCUT2D eigenvalue weighted by atomic mass is 14.7. The van der Waals surface area contributed by atoms with Crippen LogP contribution in [0.25, 0.3) is 0 Å². The molecule has 21 aliphatic rings. The molecule has 0 heterocycles. The predicted octanol–water partition coefficient (Wildman–Crippen LogP) is 19.4. The number of fused-ring (bicyclic) bond motifs is 1. The van der Waals surface area contributed by atoms with E-state index < -0.39 is 0 Å². The molecule has 370 valence electrons. The van der Waals surface area contributed by atoms with Crippen molar-refractivity contribution in [1.82, 2.24) is 0 Å². The summed E-state index contributed by atoms with van der Waals surface area (Å²) < 4.78 is 0. The Kier molecular flexibility index (Phi) is 12.1. The molecular weight excluding hydrogens is 793 g/mol. The molecule has 0 radical (unpaired) electrons. The lowest BCUT2D eigenvalue weighted by Crippen LogP contribution is -2.53. The van der Waals surface area contributed by atoms with Crippen LogP contribution in [0.3, 0.4) is 0 Å². The molecule has 4 spiro atoms. The molecule has 21 saturated carbocycles. The van der Waals surface area contributed by atoms with E-state index in [1.807, 2.05) is 0 Å². The summed E-state index contributed by atoms with van der Waals surface area (Å²) in [6.45, 7) is 0. The van der Waals surface area contributed by atoms with Crippen molar-refractivity contribution in [3.05, 3.63) is 0 Å². The lowest BCUT2D eigenvalue weighted by Gasteiger charge is -2.63. The Morgan fingerprint density at radius 3 is 0.621 bits per heavy atom. The minimum atomic E-state index is 0.855. The second-order valence-corrected chi connectivity index (χ2v) is 31.1. The van der Waals surface area contributed by atoms with Crippen molar-refractivity contribution in [3.63, 3.8) is 0 Å². The van der Waals surface area contributed by atoms with E-state index in [0.717, 1.165) is 69.0 Å². The highest BCUT2D eigenvalue weighted by Crippen LogP contribution is 2.72. The van der Waals surface area contributed by atoms with Gasteiger partial charge in [-0.2, -0.15) is 0 Å².